The summed E-state index contributed by atoms with van der Waals surface area (Å²) < 4.78 is 0. The maximum atomic E-state index is 11.8. The van der Waals surface area contributed by atoms with Crippen LogP contribution in [0.5, 0.6) is 0 Å². The fourth-order valence-corrected chi connectivity index (χ4v) is 2.52. The quantitative estimate of drug-likeness (QED) is 0.695. The maximum Gasteiger partial charge on any atom is 0.305 e. The molecule has 1 amide bonds. The molecule has 0 radical (unpaired) electrons. The van der Waals surface area contributed by atoms with Crippen LogP contribution in [0.1, 0.15) is 18.4 Å². The topological polar surface area (TPSA) is 95.7 Å². The number of nitrogens with two attached hydrogens (primary N) is 1. The number of benzene rings is 1. The van der Waals surface area contributed by atoms with E-state index in [1.54, 1.807) is 0 Å². The number of hydrogen-bond donors (Lipinski definition) is 3. The smallest absolute Gasteiger partial charge is 0.305 e. The highest BCUT2D eigenvalue weighted by atomic mass is 16.4. The van der Waals surface area contributed by atoms with Crippen molar-refractivity contribution in [2.75, 3.05) is 13.1 Å². The lowest BCUT2D eigenvalue weighted by Gasteiger charge is -2.18. The van der Waals surface area contributed by atoms with Crippen LogP contribution in [0.4, 0.5) is 0 Å². The molecule has 2 rings (SSSR count). The Morgan fingerprint density at radius 1 is 1.38 bits per heavy atom. The van der Waals surface area contributed by atoms with Gasteiger partial charge in [0.2, 0.25) is 5.91 Å². The summed E-state index contributed by atoms with van der Waals surface area (Å²) in [6.45, 7) is 2.53. The zero-order valence-electron chi connectivity index (χ0n) is 11.9. The first-order valence-electron chi connectivity index (χ1n) is 7.08. The molecule has 6 heteroatoms. The van der Waals surface area contributed by atoms with E-state index in [1.807, 2.05) is 18.2 Å². The van der Waals surface area contributed by atoms with Crippen molar-refractivity contribution < 1.29 is 14.7 Å². The van der Waals surface area contributed by atoms with Crippen molar-refractivity contribution in [3.63, 3.8) is 0 Å². The second kappa shape index (κ2) is 7.19. The van der Waals surface area contributed by atoms with E-state index >= 15 is 0 Å². The summed E-state index contributed by atoms with van der Waals surface area (Å²) in [5.41, 5.74) is 6.79. The van der Waals surface area contributed by atoms with Crippen LogP contribution in [0, 0.1) is 0 Å². The number of nitrogens with one attached hydrogen (secondary N) is 1. The number of aliphatic carboxylic acids is 1. The van der Waals surface area contributed by atoms with Crippen LogP contribution in [0.25, 0.3) is 0 Å². The molecule has 21 heavy (non-hydrogen) atoms. The Labute approximate surface area is 123 Å². The van der Waals surface area contributed by atoms with Gasteiger partial charge in [0.15, 0.2) is 0 Å². The van der Waals surface area contributed by atoms with Crippen LogP contribution >= 0.6 is 0 Å². The predicted molar refractivity (Wildman–Crippen MR) is 78.5 cm³/mol. The standard InChI is InChI=1S/C15H21N3O3/c16-13(8-14(19)20)15(21)17-12-6-7-18(10-12)9-11-4-2-1-3-5-11/h1-5,12-13H,6-10,16H2,(H,17,21)(H,19,20). The van der Waals surface area contributed by atoms with E-state index in [9.17, 15) is 9.59 Å². The first kappa shape index (κ1) is 15.5. The van der Waals surface area contributed by atoms with Gasteiger partial charge in [0.1, 0.15) is 0 Å². The summed E-state index contributed by atoms with van der Waals surface area (Å²) in [7, 11) is 0. The van der Waals surface area contributed by atoms with Crippen LogP contribution in [0.2, 0.25) is 0 Å². The van der Waals surface area contributed by atoms with Gasteiger partial charge in [-0.3, -0.25) is 14.5 Å². The number of amides is 1. The highest BCUT2D eigenvalue weighted by Gasteiger charge is 2.26. The van der Waals surface area contributed by atoms with Gasteiger partial charge in [-0.05, 0) is 12.0 Å². The minimum Gasteiger partial charge on any atom is -0.481 e. The van der Waals surface area contributed by atoms with E-state index in [2.05, 4.69) is 22.3 Å². The Morgan fingerprint density at radius 2 is 2.10 bits per heavy atom. The Hall–Kier alpha value is -1.92. The lowest BCUT2D eigenvalue weighted by atomic mass is 10.2. The number of nitrogens with zero attached hydrogens (tertiary/aromatic N) is 1. The second-order valence-corrected chi connectivity index (χ2v) is 5.42. The van der Waals surface area contributed by atoms with Crippen LogP contribution in [0.15, 0.2) is 30.3 Å². The molecule has 1 aromatic carbocycles. The molecule has 1 heterocycles. The van der Waals surface area contributed by atoms with Crippen LogP contribution < -0.4 is 11.1 Å². The summed E-state index contributed by atoms with van der Waals surface area (Å²) in [5.74, 6) is -1.45. The minimum atomic E-state index is -1.06. The second-order valence-electron chi connectivity index (χ2n) is 5.42. The highest BCUT2D eigenvalue weighted by Crippen LogP contribution is 2.13. The van der Waals surface area contributed by atoms with Crippen molar-refractivity contribution in [3.8, 4) is 0 Å². The van der Waals surface area contributed by atoms with Crippen molar-refractivity contribution in [2.45, 2.75) is 31.5 Å². The van der Waals surface area contributed by atoms with Gasteiger partial charge in [-0.1, -0.05) is 30.3 Å². The third-order valence-electron chi connectivity index (χ3n) is 3.60. The molecule has 0 spiro atoms. The lowest BCUT2D eigenvalue weighted by Crippen LogP contribution is -2.47. The zero-order valence-corrected chi connectivity index (χ0v) is 11.9. The van der Waals surface area contributed by atoms with Crippen molar-refractivity contribution in [2.24, 2.45) is 5.73 Å². The number of carboxylic acids is 1. The van der Waals surface area contributed by atoms with Crippen molar-refractivity contribution in [1.29, 1.82) is 0 Å². The third kappa shape index (κ3) is 4.84. The van der Waals surface area contributed by atoms with Gasteiger partial charge in [-0.15, -0.1) is 0 Å². The predicted octanol–water partition coefficient (Wildman–Crippen LogP) is 0.179. The SMILES string of the molecule is NC(CC(=O)O)C(=O)NC1CCN(Cc2ccccc2)C1. The van der Waals surface area contributed by atoms with Gasteiger partial charge < -0.3 is 16.2 Å². The van der Waals surface area contributed by atoms with E-state index in [4.69, 9.17) is 10.8 Å². The molecule has 0 aliphatic carbocycles. The molecular formula is C15H21N3O3. The van der Waals surface area contributed by atoms with Crippen LogP contribution in [-0.2, 0) is 16.1 Å². The molecule has 114 valence electrons. The summed E-state index contributed by atoms with van der Waals surface area (Å²) in [6.07, 6.45) is 0.518. The molecule has 6 nitrogen and oxygen atoms in total. The largest absolute Gasteiger partial charge is 0.481 e. The maximum absolute atomic E-state index is 11.8. The van der Waals surface area contributed by atoms with Crippen molar-refractivity contribution in [1.82, 2.24) is 10.2 Å². The molecule has 2 unspecified atom stereocenters. The molecule has 0 saturated carbocycles. The Morgan fingerprint density at radius 3 is 2.76 bits per heavy atom. The molecular weight excluding hydrogens is 270 g/mol. The molecule has 4 N–H and O–H groups in total. The molecule has 2 atom stereocenters. The monoisotopic (exact) mass is 291 g/mol. The number of carbonyl (C=O) groups excluding carboxylic acids is 1. The molecule has 0 aromatic heterocycles. The number of carboxylic acid groups (broad SMARTS) is 1. The Kier molecular flexibility index (Phi) is 5.30. The third-order valence-corrected chi connectivity index (χ3v) is 3.60. The van der Waals surface area contributed by atoms with E-state index < -0.39 is 12.0 Å². The molecule has 0 bridgehead atoms. The van der Waals surface area contributed by atoms with Gasteiger partial charge >= 0.3 is 5.97 Å². The average molecular weight is 291 g/mol. The van der Waals surface area contributed by atoms with E-state index in [1.165, 1.54) is 5.56 Å². The zero-order chi connectivity index (χ0) is 15.2. The summed E-state index contributed by atoms with van der Waals surface area (Å²) >= 11 is 0. The normalized spacial score (nSPS) is 20.1. The summed E-state index contributed by atoms with van der Waals surface area (Å²) in [6, 6.07) is 9.22. The number of rotatable bonds is 6. The highest BCUT2D eigenvalue weighted by molar-refractivity contribution is 5.86. The summed E-state index contributed by atoms with van der Waals surface area (Å²) in [5, 5.41) is 11.5. The lowest BCUT2D eigenvalue weighted by molar-refractivity contribution is -0.139. The number of likely N-dealkylation sites (tertiary alicyclic amines) is 1. The van der Waals surface area contributed by atoms with Crippen molar-refractivity contribution >= 4 is 11.9 Å². The molecule has 1 aliphatic heterocycles. The number of hydrogen-bond acceptors (Lipinski definition) is 4. The van der Waals surface area contributed by atoms with E-state index in [-0.39, 0.29) is 18.4 Å². The van der Waals surface area contributed by atoms with E-state index in [0.717, 1.165) is 26.1 Å². The Balaban J connectivity index is 1.77. The molecule has 1 aliphatic rings. The van der Waals surface area contributed by atoms with Crippen LogP contribution in [-0.4, -0.2) is 47.1 Å². The fourth-order valence-electron chi connectivity index (χ4n) is 2.52. The fraction of sp³-hybridized carbons (Fsp3) is 0.467. The van der Waals surface area contributed by atoms with E-state index in [0.29, 0.717) is 0 Å². The van der Waals surface area contributed by atoms with Gasteiger partial charge in [-0.25, -0.2) is 0 Å². The van der Waals surface area contributed by atoms with Crippen LogP contribution in [0.3, 0.4) is 0 Å². The summed E-state index contributed by atoms with van der Waals surface area (Å²) in [4.78, 5) is 24.6. The Bertz CT molecular complexity index is 492. The molecule has 1 saturated heterocycles. The first-order chi connectivity index (χ1) is 10.0. The molecule has 1 fully saturated rings. The van der Waals surface area contributed by atoms with Crippen molar-refractivity contribution in [3.05, 3.63) is 35.9 Å². The average Bonchev–Trinajstić information content (AvgIpc) is 2.86. The number of carbonyl (C=O) groups is 2. The first-order valence-corrected chi connectivity index (χ1v) is 7.08. The van der Waals surface area contributed by atoms with Gasteiger partial charge in [0.25, 0.3) is 0 Å². The van der Waals surface area contributed by atoms with Gasteiger partial charge in [0, 0.05) is 25.7 Å². The molecule has 1 aromatic rings. The minimum absolute atomic E-state index is 0.0426. The van der Waals surface area contributed by atoms with Gasteiger partial charge in [-0.2, -0.15) is 0 Å². The van der Waals surface area contributed by atoms with Gasteiger partial charge in [0.05, 0.1) is 12.5 Å².